The molecule has 1 fully saturated rings. The van der Waals surface area contributed by atoms with Crippen LogP contribution in [-0.4, -0.2) is 18.6 Å². The molecule has 0 atom stereocenters. The number of rotatable bonds is 6. The van der Waals surface area contributed by atoms with Crippen LogP contribution < -0.4 is 5.32 Å². The third kappa shape index (κ3) is 3.53. The van der Waals surface area contributed by atoms with Gasteiger partial charge >= 0.3 is 0 Å². The van der Waals surface area contributed by atoms with E-state index in [0.717, 1.165) is 18.8 Å². The van der Waals surface area contributed by atoms with E-state index in [0.29, 0.717) is 12.5 Å². The fourth-order valence-corrected chi connectivity index (χ4v) is 3.76. The minimum absolute atomic E-state index is 0.643. The van der Waals surface area contributed by atoms with Crippen LogP contribution in [0.3, 0.4) is 0 Å². The van der Waals surface area contributed by atoms with Crippen LogP contribution in [0.4, 0.5) is 0 Å². The monoisotopic (exact) mass is 268 g/mol. The molecule has 4 heteroatoms. The van der Waals surface area contributed by atoms with Crippen LogP contribution >= 0.6 is 11.3 Å². The molecule has 1 N–H and O–H groups in total. The van der Waals surface area contributed by atoms with Crippen molar-refractivity contribution in [1.29, 1.82) is 0 Å². The molecular weight excluding hydrogens is 244 g/mol. The molecule has 3 nitrogen and oxygen atoms in total. The van der Waals surface area contributed by atoms with Crippen LogP contribution in [0.25, 0.3) is 0 Å². The molecule has 0 radical (unpaired) electrons. The lowest BCUT2D eigenvalue weighted by molar-refractivity contribution is 0.181. The Morgan fingerprint density at radius 2 is 2.11 bits per heavy atom. The smallest absolute Gasteiger partial charge is 0.0963 e. The third-order valence-electron chi connectivity index (χ3n) is 3.57. The summed E-state index contributed by atoms with van der Waals surface area (Å²) < 4.78 is 5.27. The van der Waals surface area contributed by atoms with E-state index < -0.39 is 0 Å². The van der Waals surface area contributed by atoms with E-state index in [-0.39, 0.29) is 0 Å². The largest absolute Gasteiger partial charge is 0.378 e. The molecule has 1 saturated carbocycles. The first-order valence-electron chi connectivity index (χ1n) is 7.03. The minimum Gasteiger partial charge on any atom is -0.378 e. The van der Waals surface area contributed by atoms with Gasteiger partial charge in [0.25, 0.3) is 0 Å². The summed E-state index contributed by atoms with van der Waals surface area (Å²) in [6.45, 7) is 4.71. The Bertz CT molecular complexity index is 359. The van der Waals surface area contributed by atoms with Crippen molar-refractivity contribution in [2.75, 3.05) is 13.7 Å². The SMILES string of the molecule is CCNCc1sc(C2CCCCC2)nc1COC. The number of hydrogen-bond donors (Lipinski definition) is 1. The number of hydrogen-bond acceptors (Lipinski definition) is 4. The van der Waals surface area contributed by atoms with Gasteiger partial charge < -0.3 is 10.1 Å². The lowest BCUT2D eigenvalue weighted by atomic mass is 9.90. The second-order valence-corrected chi connectivity index (χ2v) is 6.09. The zero-order chi connectivity index (χ0) is 12.8. The van der Waals surface area contributed by atoms with Crippen LogP contribution in [0.1, 0.15) is 60.5 Å². The number of ether oxygens (including phenoxy) is 1. The van der Waals surface area contributed by atoms with Crippen molar-refractivity contribution < 1.29 is 4.74 Å². The van der Waals surface area contributed by atoms with Gasteiger partial charge in [0.05, 0.1) is 17.3 Å². The summed E-state index contributed by atoms with van der Waals surface area (Å²) in [5.74, 6) is 0.703. The van der Waals surface area contributed by atoms with E-state index in [9.17, 15) is 0 Å². The first-order chi connectivity index (χ1) is 8.85. The zero-order valence-electron chi connectivity index (χ0n) is 11.5. The maximum Gasteiger partial charge on any atom is 0.0963 e. The van der Waals surface area contributed by atoms with Gasteiger partial charge in [-0.15, -0.1) is 11.3 Å². The number of thiazole rings is 1. The van der Waals surface area contributed by atoms with Crippen LogP contribution in [0, 0.1) is 0 Å². The van der Waals surface area contributed by atoms with Crippen molar-refractivity contribution in [3.63, 3.8) is 0 Å². The van der Waals surface area contributed by atoms with E-state index in [1.165, 1.54) is 42.0 Å². The molecular formula is C14H24N2OS. The molecule has 1 aromatic rings. The molecule has 1 aliphatic rings. The molecule has 1 aromatic heterocycles. The molecule has 2 rings (SSSR count). The Hall–Kier alpha value is -0.450. The second kappa shape index (κ2) is 7.22. The van der Waals surface area contributed by atoms with Gasteiger partial charge in [-0.3, -0.25) is 0 Å². The molecule has 0 bridgehead atoms. The molecule has 0 aromatic carbocycles. The molecule has 0 amide bonds. The number of nitrogens with zero attached hydrogens (tertiary/aromatic N) is 1. The highest BCUT2D eigenvalue weighted by Crippen LogP contribution is 2.36. The zero-order valence-corrected chi connectivity index (χ0v) is 12.3. The lowest BCUT2D eigenvalue weighted by Crippen LogP contribution is -2.12. The van der Waals surface area contributed by atoms with Gasteiger partial charge in [0.2, 0.25) is 0 Å². The van der Waals surface area contributed by atoms with Crippen LogP contribution in [0.15, 0.2) is 0 Å². The Morgan fingerprint density at radius 3 is 2.78 bits per heavy atom. The molecule has 1 aliphatic carbocycles. The van der Waals surface area contributed by atoms with E-state index in [4.69, 9.17) is 9.72 Å². The highest BCUT2D eigenvalue weighted by atomic mass is 32.1. The van der Waals surface area contributed by atoms with Gasteiger partial charge in [-0.25, -0.2) is 4.98 Å². The summed E-state index contributed by atoms with van der Waals surface area (Å²) in [7, 11) is 1.75. The summed E-state index contributed by atoms with van der Waals surface area (Å²) in [5.41, 5.74) is 1.14. The number of methoxy groups -OCH3 is 1. The molecule has 0 aliphatic heterocycles. The average molecular weight is 268 g/mol. The molecule has 18 heavy (non-hydrogen) atoms. The fourth-order valence-electron chi connectivity index (χ4n) is 2.55. The maximum absolute atomic E-state index is 5.27. The standard InChI is InChI=1S/C14H24N2OS/c1-3-15-9-13-12(10-17-2)16-14(18-13)11-7-5-4-6-8-11/h11,15H,3-10H2,1-2H3. The first kappa shape index (κ1) is 14.0. The predicted molar refractivity (Wildman–Crippen MR) is 76.0 cm³/mol. The molecule has 0 unspecified atom stereocenters. The molecule has 102 valence electrons. The van der Waals surface area contributed by atoms with Crippen molar-refractivity contribution in [2.24, 2.45) is 0 Å². The lowest BCUT2D eigenvalue weighted by Gasteiger charge is -2.18. The number of aromatic nitrogens is 1. The summed E-state index contributed by atoms with van der Waals surface area (Å²) in [5, 5.41) is 4.74. The van der Waals surface area contributed by atoms with Gasteiger partial charge in [0.1, 0.15) is 0 Å². The second-order valence-electron chi connectivity index (χ2n) is 4.97. The van der Waals surface area contributed by atoms with Crippen LogP contribution in [0.2, 0.25) is 0 Å². The van der Waals surface area contributed by atoms with E-state index in [1.54, 1.807) is 7.11 Å². The summed E-state index contributed by atoms with van der Waals surface area (Å²) in [6.07, 6.45) is 6.77. The van der Waals surface area contributed by atoms with E-state index >= 15 is 0 Å². The molecule has 0 spiro atoms. The van der Waals surface area contributed by atoms with Crippen LogP contribution in [-0.2, 0) is 17.9 Å². The normalized spacial score (nSPS) is 17.2. The number of nitrogens with one attached hydrogen (secondary N) is 1. The molecule has 0 saturated heterocycles. The topological polar surface area (TPSA) is 34.2 Å². The van der Waals surface area contributed by atoms with Crippen molar-refractivity contribution >= 4 is 11.3 Å². The van der Waals surface area contributed by atoms with Gasteiger partial charge in [0.15, 0.2) is 0 Å². The average Bonchev–Trinajstić information content (AvgIpc) is 2.81. The fraction of sp³-hybridized carbons (Fsp3) is 0.786. The Kier molecular flexibility index (Phi) is 5.60. The predicted octanol–water partition coefficient (Wildman–Crippen LogP) is 3.45. The van der Waals surface area contributed by atoms with Crippen molar-refractivity contribution in [1.82, 2.24) is 10.3 Å². The molecule has 1 heterocycles. The van der Waals surface area contributed by atoms with Gasteiger partial charge in [0, 0.05) is 24.4 Å². The Labute approximate surface area is 114 Å². The Balaban J connectivity index is 2.09. The quantitative estimate of drug-likeness (QED) is 0.858. The van der Waals surface area contributed by atoms with E-state index in [2.05, 4.69) is 12.2 Å². The maximum atomic E-state index is 5.27. The van der Waals surface area contributed by atoms with E-state index in [1.807, 2.05) is 11.3 Å². The summed E-state index contributed by atoms with van der Waals surface area (Å²) >= 11 is 1.89. The highest BCUT2D eigenvalue weighted by molar-refractivity contribution is 7.11. The van der Waals surface area contributed by atoms with Crippen molar-refractivity contribution in [3.05, 3.63) is 15.6 Å². The Morgan fingerprint density at radius 1 is 1.33 bits per heavy atom. The van der Waals surface area contributed by atoms with Gasteiger partial charge in [-0.05, 0) is 19.4 Å². The van der Waals surface area contributed by atoms with Gasteiger partial charge in [-0.1, -0.05) is 26.2 Å². The first-order valence-corrected chi connectivity index (χ1v) is 7.85. The minimum atomic E-state index is 0.643. The highest BCUT2D eigenvalue weighted by Gasteiger charge is 2.21. The van der Waals surface area contributed by atoms with Gasteiger partial charge in [-0.2, -0.15) is 0 Å². The van der Waals surface area contributed by atoms with Crippen molar-refractivity contribution in [3.8, 4) is 0 Å². The van der Waals surface area contributed by atoms with Crippen molar-refractivity contribution in [2.45, 2.75) is 58.1 Å². The summed E-state index contributed by atoms with van der Waals surface area (Å²) in [6, 6.07) is 0. The summed E-state index contributed by atoms with van der Waals surface area (Å²) in [4.78, 5) is 6.19. The third-order valence-corrected chi connectivity index (χ3v) is 4.83. The van der Waals surface area contributed by atoms with Crippen LogP contribution in [0.5, 0.6) is 0 Å².